The van der Waals surface area contributed by atoms with Gasteiger partial charge in [0, 0.05) is 12.0 Å². The second-order valence-corrected chi connectivity index (χ2v) is 7.62. The number of phenols is 1. The van der Waals surface area contributed by atoms with Crippen LogP contribution in [0.5, 0.6) is 5.75 Å². The number of amides is 1. The van der Waals surface area contributed by atoms with Gasteiger partial charge in [-0.15, -0.1) is 0 Å². The van der Waals surface area contributed by atoms with Crippen molar-refractivity contribution in [1.82, 2.24) is 0 Å². The molecule has 0 saturated carbocycles. The number of quaternary nitrogens is 1. The maximum Gasteiger partial charge on any atom is 0.279 e. The molecule has 1 heterocycles. The molecular weight excluding hydrogens is 368 g/mol. The molecule has 1 fully saturated rings. The minimum atomic E-state index is -0.500. The Bertz CT molecular complexity index is 764. The third kappa shape index (κ3) is 6.91. The van der Waals surface area contributed by atoms with Crippen molar-refractivity contribution < 1.29 is 24.3 Å². The molecule has 6 heteroatoms. The predicted molar refractivity (Wildman–Crippen MR) is 111 cm³/mol. The summed E-state index contributed by atoms with van der Waals surface area (Å²) in [6, 6.07) is 15.8. The lowest BCUT2D eigenvalue weighted by atomic mass is 10.1. The number of likely N-dealkylation sites (tertiary alicyclic amines) is 1. The summed E-state index contributed by atoms with van der Waals surface area (Å²) in [6.45, 7) is 4.79. The number of nitrogens with zero attached hydrogens (tertiary/aromatic N) is 1. The molecule has 0 bridgehead atoms. The summed E-state index contributed by atoms with van der Waals surface area (Å²) in [7, 11) is 0. The highest BCUT2D eigenvalue weighted by atomic mass is 16.3. The molecule has 0 atom stereocenters. The van der Waals surface area contributed by atoms with Crippen LogP contribution in [-0.4, -0.2) is 41.6 Å². The van der Waals surface area contributed by atoms with Crippen molar-refractivity contribution in [3.8, 4) is 5.75 Å². The van der Waals surface area contributed by atoms with Crippen LogP contribution in [0, 0.1) is 6.92 Å². The van der Waals surface area contributed by atoms with Gasteiger partial charge in [0.2, 0.25) is 0 Å². The van der Waals surface area contributed by atoms with Crippen LogP contribution >= 0.6 is 0 Å². The predicted octanol–water partition coefficient (Wildman–Crippen LogP) is 2.60. The van der Waals surface area contributed by atoms with E-state index >= 15 is 0 Å². The van der Waals surface area contributed by atoms with Crippen LogP contribution in [0.15, 0.2) is 48.5 Å². The highest BCUT2D eigenvalue weighted by Crippen LogP contribution is 2.27. The number of phenolic OH excluding ortho intramolecular Hbond substituents is 1. The van der Waals surface area contributed by atoms with Gasteiger partial charge in [0.05, 0.1) is 18.8 Å². The van der Waals surface area contributed by atoms with E-state index in [4.69, 9.17) is 9.90 Å². The van der Waals surface area contributed by atoms with E-state index in [0.717, 1.165) is 42.5 Å². The number of hydrogen-bond acceptors (Lipinski definition) is 4. The van der Waals surface area contributed by atoms with Crippen molar-refractivity contribution in [2.24, 2.45) is 0 Å². The van der Waals surface area contributed by atoms with E-state index in [1.807, 2.05) is 19.1 Å². The number of rotatable bonds is 5. The summed E-state index contributed by atoms with van der Waals surface area (Å²) < 4.78 is 0.794. The number of aryl methyl sites for hydroxylation is 1. The fourth-order valence-electron chi connectivity index (χ4n) is 4.00. The van der Waals surface area contributed by atoms with Gasteiger partial charge >= 0.3 is 0 Å². The standard InChI is InChI=1S/C22H28N2O2.CH2O2/c1-18-10-9-13-20(25)22(18)23-21(26)17-24(14-7-2-3-8-15-24)16-19-11-5-4-6-12-19;2-1-3/h4-6,9-13H,2-3,7-8,14-17H2,1H3,(H-,23,25,26);1H,(H,2,3). The summed E-state index contributed by atoms with van der Waals surface area (Å²) in [6.07, 6.45) is 4.81. The first-order chi connectivity index (χ1) is 14.0. The Balaban J connectivity index is 0.000000941. The van der Waals surface area contributed by atoms with Crippen molar-refractivity contribution in [3.63, 3.8) is 0 Å². The summed E-state index contributed by atoms with van der Waals surface area (Å²) >= 11 is 0. The number of hydrogen-bond donors (Lipinski definition) is 2. The third-order valence-corrected chi connectivity index (χ3v) is 5.37. The smallest absolute Gasteiger partial charge is 0.279 e. The molecular formula is C23H30N2O4. The summed E-state index contributed by atoms with van der Waals surface area (Å²) in [5, 5.41) is 21.3. The van der Waals surface area contributed by atoms with Gasteiger partial charge in [-0.3, -0.25) is 4.79 Å². The molecule has 2 N–H and O–H groups in total. The number of carbonyl (C=O) groups excluding carboxylic acids is 2. The molecule has 1 amide bonds. The number of anilines is 1. The Morgan fingerprint density at radius 3 is 2.28 bits per heavy atom. The van der Waals surface area contributed by atoms with Gasteiger partial charge < -0.3 is 24.8 Å². The largest absolute Gasteiger partial charge is 0.554 e. The lowest BCUT2D eigenvalue weighted by Crippen LogP contribution is -2.52. The molecule has 2 aromatic rings. The zero-order valence-corrected chi connectivity index (χ0v) is 17.0. The molecule has 156 valence electrons. The zero-order valence-electron chi connectivity index (χ0n) is 17.0. The van der Waals surface area contributed by atoms with Crippen molar-refractivity contribution >= 4 is 18.1 Å². The topological polar surface area (TPSA) is 89.5 Å². The lowest BCUT2D eigenvalue weighted by Gasteiger charge is -2.37. The molecule has 0 aliphatic carbocycles. The van der Waals surface area contributed by atoms with Gasteiger partial charge in [0.1, 0.15) is 12.3 Å². The van der Waals surface area contributed by atoms with Gasteiger partial charge in [-0.1, -0.05) is 42.5 Å². The van der Waals surface area contributed by atoms with Gasteiger partial charge in [0.25, 0.3) is 5.91 Å². The first kappa shape index (κ1) is 22.4. The fourth-order valence-corrected chi connectivity index (χ4v) is 4.00. The average Bonchev–Trinajstić information content (AvgIpc) is 2.92. The first-order valence-electron chi connectivity index (χ1n) is 10.0. The summed E-state index contributed by atoms with van der Waals surface area (Å²) in [5.74, 6) is 0.108. The van der Waals surface area contributed by atoms with Crippen molar-refractivity contribution in [2.75, 3.05) is 25.0 Å². The van der Waals surface area contributed by atoms with Crippen molar-refractivity contribution in [3.05, 3.63) is 59.7 Å². The maximum absolute atomic E-state index is 12.9. The van der Waals surface area contributed by atoms with Gasteiger partial charge in [0.15, 0.2) is 6.54 Å². The average molecular weight is 399 g/mol. The van der Waals surface area contributed by atoms with Crippen LogP contribution in [0.25, 0.3) is 0 Å². The molecule has 29 heavy (non-hydrogen) atoms. The summed E-state index contributed by atoms with van der Waals surface area (Å²) in [5.41, 5.74) is 2.69. The molecule has 1 aliphatic rings. The minimum absolute atomic E-state index is 0.0209. The molecule has 0 spiro atoms. The number of carboxylic acid groups (broad SMARTS) is 1. The van der Waals surface area contributed by atoms with Crippen LogP contribution < -0.4 is 10.4 Å². The number of carbonyl (C=O) groups is 2. The van der Waals surface area contributed by atoms with Crippen LogP contribution in [0.4, 0.5) is 5.69 Å². The molecule has 0 aromatic heterocycles. The van der Waals surface area contributed by atoms with Crippen LogP contribution in [-0.2, 0) is 16.1 Å². The van der Waals surface area contributed by atoms with Crippen molar-refractivity contribution in [2.45, 2.75) is 39.2 Å². The van der Waals surface area contributed by atoms with Crippen LogP contribution in [0.2, 0.25) is 0 Å². The van der Waals surface area contributed by atoms with Gasteiger partial charge in [-0.2, -0.15) is 0 Å². The second-order valence-electron chi connectivity index (χ2n) is 7.62. The number of nitrogens with one attached hydrogen (secondary N) is 1. The van der Waals surface area contributed by atoms with Crippen LogP contribution in [0.1, 0.15) is 36.8 Å². The van der Waals surface area contributed by atoms with E-state index in [1.165, 1.54) is 18.4 Å². The lowest BCUT2D eigenvalue weighted by molar-refractivity contribution is -0.932. The van der Waals surface area contributed by atoms with E-state index in [-0.39, 0.29) is 11.7 Å². The Morgan fingerprint density at radius 2 is 1.69 bits per heavy atom. The molecule has 3 rings (SSSR count). The Kier molecular flexibility index (Phi) is 8.68. The Morgan fingerprint density at radius 1 is 1.07 bits per heavy atom. The van der Waals surface area contributed by atoms with Gasteiger partial charge in [-0.05, 0) is 44.2 Å². The van der Waals surface area contributed by atoms with Gasteiger partial charge in [-0.25, -0.2) is 0 Å². The van der Waals surface area contributed by atoms with E-state index in [1.54, 1.807) is 12.1 Å². The summed E-state index contributed by atoms with van der Waals surface area (Å²) in [4.78, 5) is 21.1. The minimum Gasteiger partial charge on any atom is -0.554 e. The molecule has 1 saturated heterocycles. The molecule has 0 radical (unpaired) electrons. The van der Waals surface area contributed by atoms with E-state index in [0.29, 0.717) is 12.2 Å². The Hall–Kier alpha value is -2.86. The highest BCUT2D eigenvalue weighted by molar-refractivity contribution is 5.93. The maximum atomic E-state index is 12.9. The number of para-hydroxylation sites is 1. The van der Waals surface area contributed by atoms with E-state index in [9.17, 15) is 9.90 Å². The fraction of sp³-hybridized carbons (Fsp3) is 0.391. The number of aromatic hydroxyl groups is 1. The second kappa shape index (κ2) is 11.2. The monoisotopic (exact) mass is 398 g/mol. The Labute approximate surface area is 172 Å². The molecule has 1 aliphatic heterocycles. The first-order valence-corrected chi connectivity index (χ1v) is 10.0. The third-order valence-electron chi connectivity index (χ3n) is 5.37. The SMILES string of the molecule is Cc1cccc(O)c1NC(=O)C[N+]1(Cc2ccccc2)CCCCCC1.O=C[O-]. The molecule has 2 aromatic carbocycles. The highest BCUT2D eigenvalue weighted by Gasteiger charge is 2.32. The molecule has 0 unspecified atom stereocenters. The quantitative estimate of drug-likeness (QED) is 0.460. The van der Waals surface area contributed by atoms with E-state index in [2.05, 4.69) is 29.6 Å². The van der Waals surface area contributed by atoms with Crippen molar-refractivity contribution in [1.29, 1.82) is 0 Å². The van der Waals surface area contributed by atoms with E-state index < -0.39 is 6.47 Å². The number of benzene rings is 2. The zero-order chi connectivity index (χ0) is 21.1. The van der Waals surface area contributed by atoms with Crippen LogP contribution in [0.3, 0.4) is 0 Å². The normalized spacial score (nSPS) is 15.3. The molecule has 6 nitrogen and oxygen atoms in total.